The van der Waals surface area contributed by atoms with Crippen LogP contribution >= 0.6 is 0 Å². The van der Waals surface area contributed by atoms with E-state index < -0.39 is 0 Å². The van der Waals surface area contributed by atoms with Crippen molar-refractivity contribution in [2.75, 3.05) is 33.9 Å². The van der Waals surface area contributed by atoms with Gasteiger partial charge in [0.15, 0.2) is 0 Å². The summed E-state index contributed by atoms with van der Waals surface area (Å²) in [6.45, 7) is 3.67. The Morgan fingerprint density at radius 3 is 2.85 bits per heavy atom. The van der Waals surface area contributed by atoms with E-state index in [2.05, 4.69) is 21.5 Å². The van der Waals surface area contributed by atoms with Gasteiger partial charge in [0.2, 0.25) is 0 Å². The summed E-state index contributed by atoms with van der Waals surface area (Å²) in [5, 5.41) is 9.70. The lowest BCUT2D eigenvalue weighted by Crippen LogP contribution is -2.36. The molecule has 0 radical (unpaired) electrons. The molecule has 1 saturated carbocycles. The number of aliphatic hydroxyl groups excluding tert-OH is 1. The number of methoxy groups -OCH3 is 1. The standard InChI is InChI=1S/C15H27N3O2/c1-17(11-15(12-19)5-3-4-6-15)10-14-9-16-13-18(14)7-8-20-2/h9,13,19H,3-8,10-12H2,1-2H3. The average Bonchev–Trinajstić information content (AvgIpc) is 3.06. The summed E-state index contributed by atoms with van der Waals surface area (Å²) in [6, 6.07) is 0. The molecule has 114 valence electrons. The molecule has 0 saturated heterocycles. The van der Waals surface area contributed by atoms with Crippen molar-refractivity contribution >= 4 is 0 Å². The Kier molecular flexibility index (Phi) is 5.57. The van der Waals surface area contributed by atoms with Crippen LogP contribution in [0.15, 0.2) is 12.5 Å². The van der Waals surface area contributed by atoms with Gasteiger partial charge in [-0.25, -0.2) is 4.98 Å². The van der Waals surface area contributed by atoms with Crippen LogP contribution in [0.5, 0.6) is 0 Å². The molecule has 1 fully saturated rings. The zero-order chi connectivity index (χ0) is 14.4. The van der Waals surface area contributed by atoms with Gasteiger partial charge in [-0.3, -0.25) is 4.90 Å². The summed E-state index contributed by atoms with van der Waals surface area (Å²) < 4.78 is 7.26. The highest BCUT2D eigenvalue weighted by Gasteiger charge is 2.34. The summed E-state index contributed by atoms with van der Waals surface area (Å²) >= 11 is 0. The van der Waals surface area contributed by atoms with Crippen LogP contribution in [-0.2, 0) is 17.8 Å². The molecule has 1 N–H and O–H groups in total. The third-order valence-electron chi connectivity index (χ3n) is 4.37. The van der Waals surface area contributed by atoms with Gasteiger partial charge < -0.3 is 14.4 Å². The highest BCUT2D eigenvalue weighted by Crippen LogP contribution is 2.38. The molecule has 0 aliphatic heterocycles. The highest BCUT2D eigenvalue weighted by atomic mass is 16.5. The number of aromatic nitrogens is 2. The van der Waals surface area contributed by atoms with Crippen molar-refractivity contribution < 1.29 is 9.84 Å². The summed E-state index contributed by atoms with van der Waals surface area (Å²) in [5.41, 5.74) is 1.32. The smallest absolute Gasteiger partial charge is 0.0949 e. The number of imidazole rings is 1. The normalized spacial score (nSPS) is 18.0. The van der Waals surface area contributed by atoms with E-state index in [0.29, 0.717) is 13.2 Å². The summed E-state index contributed by atoms with van der Waals surface area (Å²) in [4.78, 5) is 6.54. The number of nitrogens with zero attached hydrogens (tertiary/aromatic N) is 3. The van der Waals surface area contributed by atoms with Crippen molar-refractivity contribution in [2.24, 2.45) is 5.41 Å². The minimum atomic E-state index is 0.117. The van der Waals surface area contributed by atoms with Gasteiger partial charge in [-0.1, -0.05) is 12.8 Å². The molecule has 0 unspecified atom stereocenters. The molecule has 0 atom stereocenters. The van der Waals surface area contributed by atoms with Gasteiger partial charge in [0.25, 0.3) is 0 Å². The van der Waals surface area contributed by atoms with E-state index in [1.54, 1.807) is 7.11 Å². The first-order chi connectivity index (χ1) is 9.69. The second kappa shape index (κ2) is 7.20. The second-order valence-corrected chi connectivity index (χ2v) is 6.11. The lowest BCUT2D eigenvalue weighted by Gasteiger charge is -2.31. The maximum Gasteiger partial charge on any atom is 0.0949 e. The first-order valence-electron chi connectivity index (χ1n) is 7.46. The Hall–Kier alpha value is -0.910. The first-order valence-corrected chi connectivity index (χ1v) is 7.46. The maximum atomic E-state index is 9.70. The van der Waals surface area contributed by atoms with E-state index in [9.17, 15) is 5.11 Å². The largest absolute Gasteiger partial charge is 0.396 e. The van der Waals surface area contributed by atoms with E-state index in [1.807, 2.05) is 12.5 Å². The Morgan fingerprint density at radius 2 is 2.20 bits per heavy atom. The van der Waals surface area contributed by atoms with Gasteiger partial charge >= 0.3 is 0 Å². The van der Waals surface area contributed by atoms with Gasteiger partial charge in [0.1, 0.15) is 0 Å². The molecule has 20 heavy (non-hydrogen) atoms. The quantitative estimate of drug-likeness (QED) is 0.785. The maximum absolute atomic E-state index is 9.70. The number of rotatable bonds is 8. The number of aliphatic hydroxyl groups is 1. The molecule has 1 aromatic heterocycles. The van der Waals surface area contributed by atoms with Crippen molar-refractivity contribution in [2.45, 2.75) is 38.8 Å². The third kappa shape index (κ3) is 3.81. The minimum absolute atomic E-state index is 0.117. The van der Waals surface area contributed by atoms with Crippen LogP contribution < -0.4 is 0 Å². The summed E-state index contributed by atoms with van der Waals surface area (Å²) in [6.07, 6.45) is 8.58. The highest BCUT2D eigenvalue weighted by molar-refractivity contribution is 4.99. The van der Waals surface area contributed by atoms with Crippen LogP contribution in [-0.4, -0.2) is 53.5 Å². The monoisotopic (exact) mass is 281 g/mol. The zero-order valence-corrected chi connectivity index (χ0v) is 12.7. The molecule has 1 aliphatic rings. The zero-order valence-electron chi connectivity index (χ0n) is 12.7. The Morgan fingerprint density at radius 1 is 1.45 bits per heavy atom. The predicted molar refractivity (Wildman–Crippen MR) is 78.4 cm³/mol. The predicted octanol–water partition coefficient (Wildman–Crippen LogP) is 1.51. The molecule has 1 aromatic rings. The molecule has 5 nitrogen and oxygen atoms in total. The minimum Gasteiger partial charge on any atom is -0.396 e. The fourth-order valence-electron chi connectivity index (χ4n) is 3.27. The van der Waals surface area contributed by atoms with Crippen molar-refractivity contribution in [3.8, 4) is 0 Å². The van der Waals surface area contributed by atoms with E-state index in [4.69, 9.17) is 4.74 Å². The fraction of sp³-hybridized carbons (Fsp3) is 0.800. The number of hydrogen-bond donors (Lipinski definition) is 1. The van der Waals surface area contributed by atoms with E-state index in [-0.39, 0.29) is 5.41 Å². The second-order valence-electron chi connectivity index (χ2n) is 6.11. The molecule has 0 spiro atoms. The lowest BCUT2D eigenvalue weighted by molar-refractivity contribution is 0.0852. The van der Waals surface area contributed by atoms with Crippen LogP contribution in [0.2, 0.25) is 0 Å². The molecule has 0 aromatic carbocycles. The third-order valence-corrected chi connectivity index (χ3v) is 4.37. The van der Waals surface area contributed by atoms with E-state index in [1.165, 1.54) is 18.5 Å². The van der Waals surface area contributed by atoms with Crippen molar-refractivity contribution in [3.63, 3.8) is 0 Å². The van der Waals surface area contributed by atoms with E-state index in [0.717, 1.165) is 32.5 Å². The molecule has 2 rings (SSSR count). The van der Waals surface area contributed by atoms with Crippen LogP contribution in [0.25, 0.3) is 0 Å². The summed E-state index contributed by atoms with van der Waals surface area (Å²) in [7, 11) is 3.84. The molecule has 0 amide bonds. The lowest BCUT2D eigenvalue weighted by atomic mass is 9.86. The average molecular weight is 281 g/mol. The van der Waals surface area contributed by atoms with Gasteiger partial charge in [0, 0.05) is 45.0 Å². The van der Waals surface area contributed by atoms with Crippen LogP contribution in [0.1, 0.15) is 31.4 Å². The van der Waals surface area contributed by atoms with Crippen LogP contribution in [0, 0.1) is 5.41 Å². The molecule has 0 bridgehead atoms. The van der Waals surface area contributed by atoms with Crippen molar-refractivity contribution in [3.05, 3.63) is 18.2 Å². The first kappa shape index (κ1) is 15.5. The summed E-state index contributed by atoms with van der Waals surface area (Å²) in [5.74, 6) is 0. The van der Waals surface area contributed by atoms with Crippen molar-refractivity contribution in [1.82, 2.24) is 14.5 Å². The SMILES string of the molecule is COCCn1cncc1CN(C)CC1(CO)CCCC1. The van der Waals surface area contributed by atoms with Crippen LogP contribution in [0.4, 0.5) is 0 Å². The molecule has 1 aliphatic carbocycles. The van der Waals surface area contributed by atoms with Gasteiger partial charge in [-0.2, -0.15) is 0 Å². The molecular weight excluding hydrogens is 254 g/mol. The van der Waals surface area contributed by atoms with Gasteiger partial charge in [-0.15, -0.1) is 0 Å². The van der Waals surface area contributed by atoms with E-state index >= 15 is 0 Å². The van der Waals surface area contributed by atoms with Gasteiger partial charge in [-0.05, 0) is 19.9 Å². The van der Waals surface area contributed by atoms with Crippen LogP contribution in [0.3, 0.4) is 0 Å². The molecular formula is C15H27N3O2. The van der Waals surface area contributed by atoms with Crippen molar-refractivity contribution in [1.29, 1.82) is 0 Å². The fourth-order valence-corrected chi connectivity index (χ4v) is 3.27. The Labute approximate surface area is 121 Å². The number of hydrogen-bond acceptors (Lipinski definition) is 4. The topological polar surface area (TPSA) is 50.5 Å². The number of ether oxygens (including phenoxy) is 1. The van der Waals surface area contributed by atoms with Gasteiger partial charge in [0.05, 0.1) is 18.6 Å². The molecule has 5 heteroatoms. The Balaban J connectivity index is 1.90. The molecule has 1 heterocycles. The Bertz CT molecular complexity index is 400.